The van der Waals surface area contributed by atoms with Gasteiger partial charge in [-0.2, -0.15) is 0 Å². The molecule has 3 N–H and O–H groups in total. The molecule has 0 amide bonds. The smallest absolute Gasteiger partial charge is 0.129 e. The Morgan fingerprint density at radius 3 is 2.88 bits per heavy atom. The third-order valence-electron chi connectivity index (χ3n) is 7.20. The van der Waals surface area contributed by atoms with Crippen molar-refractivity contribution in [2.75, 3.05) is 4.90 Å². The Bertz CT molecular complexity index is 1150. The number of rotatable bonds is 8. The summed E-state index contributed by atoms with van der Waals surface area (Å²) in [6.07, 6.45) is 21.1. The van der Waals surface area contributed by atoms with Gasteiger partial charge in [0.2, 0.25) is 0 Å². The van der Waals surface area contributed by atoms with Crippen LogP contribution >= 0.6 is 0 Å². The molecule has 2 aliphatic carbocycles. The van der Waals surface area contributed by atoms with Crippen molar-refractivity contribution in [2.24, 2.45) is 11.7 Å². The molecule has 0 saturated carbocycles. The first-order valence-corrected chi connectivity index (χ1v) is 12.7. The lowest BCUT2D eigenvalue weighted by Crippen LogP contribution is -2.40. The van der Waals surface area contributed by atoms with E-state index in [0.29, 0.717) is 12.5 Å². The Morgan fingerprint density at radius 2 is 2.12 bits per heavy atom. The molecule has 176 valence electrons. The number of allylic oxidation sites excluding steroid dienone is 3. The highest BCUT2D eigenvalue weighted by molar-refractivity contribution is 5.59. The number of fused-ring (bicyclic) bond motifs is 1. The summed E-state index contributed by atoms with van der Waals surface area (Å²) in [6.45, 7) is 2.74. The van der Waals surface area contributed by atoms with E-state index in [2.05, 4.69) is 71.4 Å². The number of imidazole rings is 1. The molecule has 5 nitrogen and oxygen atoms in total. The molecule has 0 saturated heterocycles. The molecule has 2 aliphatic rings. The van der Waals surface area contributed by atoms with E-state index in [1.807, 2.05) is 18.6 Å². The fraction of sp³-hybridized carbons (Fsp3) is 0.379. The fourth-order valence-corrected chi connectivity index (χ4v) is 5.68. The number of H-pyrrole nitrogens is 1. The number of aryl methyl sites for hydroxylation is 2. The van der Waals surface area contributed by atoms with E-state index in [1.54, 1.807) is 0 Å². The molecule has 3 aromatic rings. The zero-order chi connectivity index (χ0) is 23.3. The van der Waals surface area contributed by atoms with Crippen molar-refractivity contribution < 1.29 is 0 Å². The standard InChI is InChI=1S/C29H35N5/c1-2-8-21-14-15-25(24(19-21)20-30)34(26-13-6-11-22-12-7-16-31-27(22)26)28(29-32-17-18-33-29)23-9-4-3-5-10-23/h3-5,7,9,12,14-19,23,26,28H,2,6,8,10-11,13,20,30H2,1H3,(H,32,33). The molecule has 5 heteroatoms. The zero-order valence-corrected chi connectivity index (χ0v) is 20.0. The van der Waals surface area contributed by atoms with Gasteiger partial charge in [0.15, 0.2) is 0 Å². The summed E-state index contributed by atoms with van der Waals surface area (Å²) in [4.78, 5) is 15.8. The minimum Gasteiger partial charge on any atom is -0.352 e. The van der Waals surface area contributed by atoms with Gasteiger partial charge >= 0.3 is 0 Å². The van der Waals surface area contributed by atoms with E-state index in [-0.39, 0.29) is 12.1 Å². The average molecular weight is 454 g/mol. The third-order valence-corrected chi connectivity index (χ3v) is 7.20. The Hall–Kier alpha value is -3.18. The summed E-state index contributed by atoms with van der Waals surface area (Å²) >= 11 is 0. The third kappa shape index (κ3) is 4.45. The molecule has 0 aliphatic heterocycles. The first kappa shape index (κ1) is 22.6. The lowest BCUT2D eigenvalue weighted by atomic mass is 9.84. The van der Waals surface area contributed by atoms with Crippen LogP contribution in [0.5, 0.6) is 0 Å². The lowest BCUT2D eigenvalue weighted by Gasteiger charge is -2.44. The van der Waals surface area contributed by atoms with Crippen molar-refractivity contribution in [1.29, 1.82) is 0 Å². The van der Waals surface area contributed by atoms with E-state index in [9.17, 15) is 0 Å². The van der Waals surface area contributed by atoms with Gasteiger partial charge in [-0.15, -0.1) is 0 Å². The number of hydrogen-bond donors (Lipinski definition) is 2. The summed E-state index contributed by atoms with van der Waals surface area (Å²) in [5.74, 6) is 1.29. The maximum Gasteiger partial charge on any atom is 0.129 e. The first-order chi connectivity index (χ1) is 16.8. The number of nitrogens with two attached hydrogens (primary N) is 1. The van der Waals surface area contributed by atoms with Gasteiger partial charge in [0, 0.05) is 36.7 Å². The van der Waals surface area contributed by atoms with Crippen molar-refractivity contribution in [1.82, 2.24) is 15.0 Å². The molecule has 0 bridgehead atoms. The first-order valence-electron chi connectivity index (χ1n) is 12.7. The van der Waals surface area contributed by atoms with E-state index < -0.39 is 0 Å². The predicted molar refractivity (Wildman–Crippen MR) is 138 cm³/mol. The molecule has 2 heterocycles. The van der Waals surface area contributed by atoms with Crippen molar-refractivity contribution in [3.05, 3.63) is 101 Å². The van der Waals surface area contributed by atoms with Crippen LogP contribution in [0.3, 0.4) is 0 Å². The second-order valence-corrected chi connectivity index (χ2v) is 9.41. The number of hydrogen-bond acceptors (Lipinski definition) is 4. The van der Waals surface area contributed by atoms with E-state index in [1.165, 1.54) is 28.1 Å². The van der Waals surface area contributed by atoms with Gasteiger partial charge < -0.3 is 15.6 Å². The largest absolute Gasteiger partial charge is 0.352 e. The maximum atomic E-state index is 6.38. The van der Waals surface area contributed by atoms with E-state index >= 15 is 0 Å². The van der Waals surface area contributed by atoms with Crippen LogP contribution in [-0.2, 0) is 19.4 Å². The molecule has 5 rings (SSSR count). The van der Waals surface area contributed by atoms with Gasteiger partial charge in [0.25, 0.3) is 0 Å². The SMILES string of the molecule is CCCc1ccc(N(C2CCCc3cccnc32)C(c2ncc[nH]2)C2C=CC=CC2)c(CN)c1. The minimum absolute atomic E-state index is 0.0523. The van der Waals surface area contributed by atoms with Crippen molar-refractivity contribution in [2.45, 2.75) is 64.1 Å². The zero-order valence-electron chi connectivity index (χ0n) is 20.0. The van der Waals surface area contributed by atoms with Crippen LogP contribution in [-0.4, -0.2) is 15.0 Å². The molecular weight excluding hydrogens is 418 g/mol. The van der Waals surface area contributed by atoms with Crippen LogP contribution in [0.2, 0.25) is 0 Å². The highest BCUT2D eigenvalue weighted by Gasteiger charge is 2.38. The Labute approximate surface area is 202 Å². The molecule has 2 aromatic heterocycles. The Kier molecular flexibility index (Phi) is 6.91. The van der Waals surface area contributed by atoms with Gasteiger partial charge in [0.05, 0.1) is 17.8 Å². The van der Waals surface area contributed by atoms with Gasteiger partial charge in [-0.05, 0) is 60.9 Å². The Morgan fingerprint density at radius 1 is 1.18 bits per heavy atom. The quantitative estimate of drug-likeness (QED) is 0.441. The number of anilines is 1. The summed E-state index contributed by atoms with van der Waals surface area (Å²) in [7, 11) is 0. The summed E-state index contributed by atoms with van der Waals surface area (Å²) in [5.41, 5.74) is 12.7. The minimum atomic E-state index is 0.0523. The summed E-state index contributed by atoms with van der Waals surface area (Å²) < 4.78 is 0. The lowest BCUT2D eigenvalue weighted by molar-refractivity contribution is 0.390. The van der Waals surface area contributed by atoms with Crippen LogP contribution in [0, 0.1) is 5.92 Å². The van der Waals surface area contributed by atoms with E-state index in [4.69, 9.17) is 15.7 Å². The molecule has 34 heavy (non-hydrogen) atoms. The maximum absolute atomic E-state index is 6.38. The topological polar surface area (TPSA) is 70.8 Å². The Balaban J connectivity index is 1.69. The summed E-state index contributed by atoms with van der Waals surface area (Å²) in [5, 5.41) is 0. The second-order valence-electron chi connectivity index (χ2n) is 9.41. The number of nitrogens with zero attached hydrogens (tertiary/aromatic N) is 3. The van der Waals surface area contributed by atoms with Gasteiger partial charge in [-0.3, -0.25) is 4.98 Å². The molecular formula is C29H35N5. The number of aromatic amines is 1. The highest BCUT2D eigenvalue weighted by atomic mass is 15.2. The number of nitrogens with one attached hydrogen (secondary N) is 1. The molecule has 3 atom stereocenters. The van der Waals surface area contributed by atoms with Crippen LogP contribution in [0.4, 0.5) is 5.69 Å². The normalized spacial score (nSPS) is 20.2. The predicted octanol–water partition coefficient (Wildman–Crippen LogP) is 5.97. The number of pyridine rings is 1. The number of aromatic nitrogens is 3. The van der Waals surface area contributed by atoms with Crippen molar-refractivity contribution in [3.8, 4) is 0 Å². The highest BCUT2D eigenvalue weighted by Crippen LogP contribution is 2.46. The van der Waals surface area contributed by atoms with Crippen LogP contribution in [0.15, 0.2) is 73.2 Å². The van der Waals surface area contributed by atoms with Crippen molar-refractivity contribution >= 4 is 5.69 Å². The van der Waals surface area contributed by atoms with Crippen molar-refractivity contribution in [3.63, 3.8) is 0 Å². The molecule has 0 fully saturated rings. The van der Waals surface area contributed by atoms with Crippen LogP contribution < -0.4 is 10.6 Å². The fourth-order valence-electron chi connectivity index (χ4n) is 5.68. The monoisotopic (exact) mass is 453 g/mol. The van der Waals surface area contributed by atoms with Gasteiger partial charge in [-0.25, -0.2) is 4.98 Å². The van der Waals surface area contributed by atoms with Gasteiger partial charge in [-0.1, -0.05) is 55.8 Å². The summed E-state index contributed by atoms with van der Waals surface area (Å²) in [6, 6.07) is 11.4. The molecule has 1 aromatic carbocycles. The van der Waals surface area contributed by atoms with Crippen LogP contribution in [0.25, 0.3) is 0 Å². The second kappa shape index (κ2) is 10.4. The molecule has 0 radical (unpaired) electrons. The average Bonchev–Trinajstić information content (AvgIpc) is 3.42. The van der Waals surface area contributed by atoms with E-state index in [0.717, 1.165) is 44.3 Å². The molecule has 0 spiro atoms. The van der Waals surface area contributed by atoms with Gasteiger partial charge in [0.1, 0.15) is 5.82 Å². The number of benzene rings is 1. The van der Waals surface area contributed by atoms with Crippen LogP contribution in [0.1, 0.15) is 72.9 Å². The molecule has 3 unspecified atom stereocenters.